The predicted molar refractivity (Wildman–Crippen MR) is 99.2 cm³/mol. The number of hydrogen-bond acceptors (Lipinski definition) is 6. The topological polar surface area (TPSA) is 81.5 Å². The van der Waals surface area contributed by atoms with Crippen LogP contribution in [0.4, 0.5) is 0 Å². The Hall–Kier alpha value is -1.99. The van der Waals surface area contributed by atoms with Crippen LogP contribution in [-0.2, 0) is 9.53 Å². The molecule has 0 amide bonds. The summed E-state index contributed by atoms with van der Waals surface area (Å²) in [4.78, 5) is 23.8. The fraction of sp³-hybridized carbons (Fsp3) is 0.353. The lowest BCUT2D eigenvalue weighted by atomic mass is 9.84. The Balaban J connectivity index is 2.52. The van der Waals surface area contributed by atoms with Gasteiger partial charge in [0.15, 0.2) is 0 Å². The van der Waals surface area contributed by atoms with Crippen LogP contribution in [0.5, 0.6) is 0 Å². The number of dihydropyridines is 1. The number of benzene rings is 1. The van der Waals surface area contributed by atoms with Crippen molar-refractivity contribution < 1.29 is 14.5 Å². The van der Waals surface area contributed by atoms with E-state index in [9.17, 15) is 14.9 Å². The summed E-state index contributed by atoms with van der Waals surface area (Å²) in [5, 5.41) is 15.0. The van der Waals surface area contributed by atoms with E-state index >= 15 is 0 Å². The molecule has 0 fully saturated rings. The quantitative estimate of drug-likeness (QED) is 0.258. The first kappa shape index (κ1) is 19.3. The Bertz CT molecular complexity index is 761. The van der Waals surface area contributed by atoms with Crippen LogP contribution in [0.15, 0.2) is 46.9 Å². The van der Waals surface area contributed by atoms with E-state index in [2.05, 4.69) is 17.9 Å². The van der Waals surface area contributed by atoms with Crippen LogP contribution >= 0.6 is 24.2 Å². The molecule has 0 radical (unpaired) electrons. The molecule has 1 unspecified atom stereocenters. The Morgan fingerprint density at radius 3 is 2.72 bits per heavy atom. The van der Waals surface area contributed by atoms with Crippen LogP contribution in [0.2, 0.25) is 5.02 Å². The summed E-state index contributed by atoms with van der Waals surface area (Å²) in [5.74, 6) is -0.845. The molecule has 1 aliphatic rings. The lowest BCUT2D eigenvalue weighted by Crippen LogP contribution is -2.31. The maximum atomic E-state index is 12.6. The van der Waals surface area contributed by atoms with Crippen molar-refractivity contribution in [3.8, 4) is 0 Å². The average molecular weight is 383 g/mol. The molecule has 134 valence electrons. The molecule has 1 aromatic rings. The molecule has 0 saturated carbocycles. The lowest BCUT2D eigenvalue weighted by molar-refractivity contribution is -0.431. The molecule has 6 nitrogen and oxygen atoms in total. The molecule has 25 heavy (non-hydrogen) atoms. The van der Waals surface area contributed by atoms with Gasteiger partial charge in [0.1, 0.15) is 5.92 Å². The molecule has 1 atom stereocenters. The summed E-state index contributed by atoms with van der Waals surface area (Å²) in [7, 11) is 0. The van der Waals surface area contributed by atoms with Gasteiger partial charge < -0.3 is 10.1 Å². The zero-order valence-corrected chi connectivity index (χ0v) is 15.6. The Morgan fingerprint density at radius 2 is 2.12 bits per heavy atom. The zero-order chi connectivity index (χ0) is 18.6. The van der Waals surface area contributed by atoms with Crippen LogP contribution in [0.1, 0.15) is 31.7 Å². The van der Waals surface area contributed by atoms with Crippen molar-refractivity contribution in [1.29, 1.82) is 0 Å². The highest BCUT2D eigenvalue weighted by Crippen LogP contribution is 2.39. The summed E-state index contributed by atoms with van der Waals surface area (Å²) in [6.07, 6.45) is 0.605. The summed E-state index contributed by atoms with van der Waals surface area (Å²) in [6.45, 7) is 3.52. The molecule has 0 aliphatic carbocycles. The van der Waals surface area contributed by atoms with Crippen LogP contribution in [0.3, 0.4) is 0 Å². The molecular weight excluding hydrogens is 364 g/mol. The average Bonchev–Trinajstić information content (AvgIpc) is 2.53. The molecule has 0 bridgehead atoms. The molecule has 1 heterocycles. The third-order valence-electron chi connectivity index (χ3n) is 3.86. The van der Waals surface area contributed by atoms with Gasteiger partial charge in [0.05, 0.1) is 22.8 Å². The SMILES string of the molecule is CC1=C(C(=O)OCCCS)C(c2cccc(Cl)c2)C([N+](=O)[O-])=C(C)N1. The van der Waals surface area contributed by atoms with Gasteiger partial charge in [0.25, 0.3) is 5.70 Å². The van der Waals surface area contributed by atoms with Crippen LogP contribution < -0.4 is 5.32 Å². The Morgan fingerprint density at radius 1 is 1.40 bits per heavy atom. The predicted octanol–water partition coefficient (Wildman–Crippen LogP) is 3.67. The van der Waals surface area contributed by atoms with Crippen molar-refractivity contribution >= 4 is 30.2 Å². The molecule has 0 aromatic heterocycles. The van der Waals surface area contributed by atoms with Crippen LogP contribution in [0, 0.1) is 10.1 Å². The maximum absolute atomic E-state index is 12.6. The van der Waals surface area contributed by atoms with Crippen molar-refractivity contribution in [3.05, 3.63) is 67.6 Å². The van der Waals surface area contributed by atoms with Crippen LogP contribution in [-0.4, -0.2) is 23.3 Å². The molecule has 8 heteroatoms. The normalized spacial score (nSPS) is 17.4. The first-order valence-corrected chi connectivity index (χ1v) is 8.74. The van der Waals surface area contributed by atoms with E-state index in [1.807, 2.05) is 0 Å². The van der Waals surface area contributed by atoms with Gasteiger partial charge in [-0.05, 0) is 43.7 Å². The minimum Gasteiger partial charge on any atom is -0.462 e. The molecule has 1 aromatic carbocycles. The van der Waals surface area contributed by atoms with E-state index in [1.54, 1.807) is 38.1 Å². The van der Waals surface area contributed by atoms with Crippen molar-refractivity contribution in [2.45, 2.75) is 26.2 Å². The number of carbonyl (C=O) groups excluding carboxylic acids is 1. The number of rotatable bonds is 6. The fourth-order valence-corrected chi connectivity index (χ4v) is 3.14. The van der Waals surface area contributed by atoms with E-state index in [0.717, 1.165) is 0 Å². The van der Waals surface area contributed by atoms with Crippen molar-refractivity contribution in [2.75, 3.05) is 12.4 Å². The van der Waals surface area contributed by atoms with E-state index in [4.69, 9.17) is 16.3 Å². The van der Waals surface area contributed by atoms with Gasteiger partial charge in [0, 0.05) is 10.7 Å². The third kappa shape index (κ3) is 4.35. The smallest absolute Gasteiger partial charge is 0.336 e. The van der Waals surface area contributed by atoms with Crippen molar-refractivity contribution in [3.63, 3.8) is 0 Å². The highest BCUT2D eigenvalue weighted by atomic mass is 35.5. The zero-order valence-electron chi connectivity index (χ0n) is 13.9. The number of ether oxygens (including phenoxy) is 1. The van der Waals surface area contributed by atoms with Crippen LogP contribution in [0.25, 0.3) is 0 Å². The van der Waals surface area contributed by atoms with E-state index < -0.39 is 16.8 Å². The van der Waals surface area contributed by atoms with Gasteiger partial charge in [-0.15, -0.1) is 0 Å². The third-order valence-corrected chi connectivity index (χ3v) is 4.41. The monoisotopic (exact) mass is 382 g/mol. The molecule has 1 aliphatic heterocycles. The summed E-state index contributed by atoms with van der Waals surface area (Å²) in [5.41, 5.74) is 1.62. The van der Waals surface area contributed by atoms with E-state index in [-0.39, 0.29) is 17.9 Å². The second kappa shape index (κ2) is 8.40. The lowest BCUT2D eigenvalue weighted by Gasteiger charge is -2.26. The largest absolute Gasteiger partial charge is 0.462 e. The van der Waals surface area contributed by atoms with Gasteiger partial charge in [-0.25, -0.2) is 4.79 Å². The molecule has 2 rings (SSSR count). The van der Waals surface area contributed by atoms with Gasteiger partial charge in [0.2, 0.25) is 0 Å². The minimum atomic E-state index is -0.849. The number of nitro groups is 1. The number of halogens is 1. The number of esters is 1. The molecule has 1 N–H and O–H groups in total. The van der Waals surface area contributed by atoms with Crippen molar-refractivity contribution in [2.24, 2.45) is 0 Å². The van der Waals surface area contributed by atoms with Gasteiger partial charge in [-0.2, -0.15) is 12.6 Å². The second-order valence-corrected chi connectivity index (χ2v) is 6.52. The first-order chi connectivity index (χ1) is 11.9. The summed E-state index contributed by atoms with van der Waals surface area (Å²) >= 11 is 10.1. The molecule has 0 saturated heterocycles. The fourth-order valence-electron chi connectivity index (χ4n) is 2.81. The van der Waals surface area contributed by atoms with E-state index in [1.165, 1.54) is 0 Å². The number of allylic oxidation sites excluding steroid dienone is 3. The van der Waals surface area contributed by atoms with E-state index in [0.29, 0.717) is 34.2 Å². The molecule has 0 spiro atoms. The standard InChI is InChI=1S/C17H19ClN2O4S/c1-10-14(17(21)24-7-4-8-25)15(12-5-3-6-13(18)9-12)16(20(22)23)11(2)19-10/h3,5-6,9,15,19,25H,4,7-8H2,1-2H3. The first-order valence-electron chi connectivity index (χ1n) is 7.73. The minimum absolute atomic E-state index is 0.0889. The Kier molecular flexibility index (Phi) is 6.50. The Labute approximate surface area is 156 Å². The number of carbonyl (C=O) groups is 1. The number of hydrogen-bond donors (Lipinski definition) is 2. The number of nitrogens with zero attached hydrogens (tertiary/aromatic N) is 1. The van der Waals surface area contributed by atoms with Gasteiger partial charge in [-0.3, -0.25) is 10.1 Å². The summed E-state index contributed by atoms with van der Waals surface area (Å²) in [6, 6.07) is 6.72. The highest BCUT2D eigenvalue weighted by molar-refractivity contribution is 7.80. The maximum Gasteiger partial charge on any atom is 0.336 e. The van der Waals surface area contributed by atoms with Gasteiger partial charge in [-0.1, -0.05) is 23.7 Å². The van der Waals surface area contributed by atoms with Crippen molar-refractivity contribution in [1.82, 2.24) is 5.32 Å². The molecular formula is C17H19ClN2O4S. The van der Waals surface area contributed by atoms with Gasteiger partial charge >= 0.3 is 5.97 Å². The highest BCUT2D eigenvalue weighted by Gasteiger charge is 2.40. The number of nitrogens with one attached hydrogen (secondary N) is 1. The summed E-state index contributed by atoms with van der Waals surface area (Å²) < 4.78 is 5.27. The number of thiol groups is 1. The second-order valence-electron chi connectivity index (χ2n) is 5.63.